The highest BCUT2D eigenvalue weighted by Crippen LogP contribution is 2.28. The van der Waals surface area contributed by atoms with Crippen LogP contribution in [-0.2, 0) is 0 Å². The lowest BCUT2D eigenvalue weighted by atomic mass is 9.80. The first-order valence-electron chi connectivity index (χ1n) is 5.95. The lowest BCUT2D eigenvalue weighted by molar-refractivity contribution is 0.237. The van der Waals surface area contributed by atoms with E-state index in [9.17, 15) is 0 Å². The molecule has 0 amide bonds. The molecule has 86 valence electrons. The molecule has 14 heavy (non-hydrogen) atoms. The Kier molecular flexibility index (Phi) is 5.73. The van der Waals surface area contributed by atoms with E-state index >= 15 is 0 Å². The Balaban J connectivity index is 4.11. The molecule has 1 N–H and O–H groups in total. The van der Waals surface area contributed by atoms with Crippen LogP contribution in [0.1, 0.15) is 54.4 Å². The molecule has 2 atom stereocenters. The summed E-state index contributed by atoms with van der Waals surface area (Å²) in [4.78, 5) is 0. The Morgan fingerprint density at radius 2 is 1.57 bits per heavy atom. The molecular weight excluding hydrogens is 170 g/mol. The third kappa shape index (κ3) is 5.64. The summed E-state index contributed by atoms with van der Waals surface area (Å²) in [6, 6.07) is 0.636. The van der Waals surface area contributed by atoms with Gasteiger partial charge in [-0.05, 0) is 44.1 Å². The van der Waals surface area contributed by atoms with Crippen LogP contribution < -0.4 is 5.32 Å². The van der Waals surface area contributed by atoms with E-state index < -0.39 is 0 Å². The Morgan fingerprint density at radius 1 is 1.07 bits per heavy atom. The summed E-state index contributed by atoms with van der Waals surface area (Å²) < 4.78 is 0. The van der Waals surface area contributed by atoms with Gasteiger partial charge in [0.05, 0.1) is 0 Å². The Labute approximate surface area is 90.7 Å². The average Bonchev–Trinajstić information content (AvgIpc) is 2.01. The topological polar surface area (TPSA) is 12.0 Å². The molecule has 0 fully saturated rings. The third-order valence-electron chi connectivity index (χ3n) is 3.18. The first kappa shape index (κ1) is 14.0. The van der Waals surface area contributed by atoms with Crippen molar-refractivity contribution in [2.24, 2.45) is 17.3 Å². The van der Waals surface area contributed by atoms with Gasteiger partial charge in [-0.1, -0.05) is 34.6 Å². The van der Waals surface area contributed by atoms with E-state index in [4.69, 9.17) is 0 Å². The molecule has 0 spiro atoms. The van der Waals surface area contributed by atoms with Crippen LogP contribution >= 0.6 is 0 Å². The SMILES string of the molecule is CNC(C)C(CCC(C)(C)C)C(C)C. The van der Waals surface area contributed by atoms with Crippen molar-refractivity contribution >= 4 is 0 Å². The number of hydrogen-bond donors (Lipinski definition) is 1. The fourth-order valence-corrected chi connectivity index (χ4v) is 1.97. The van der Waals surface area contributed by atoms with Gasteiger partial charge < -0.3 is 5.32 Å². The first-order valence-corrected chi connectivity index (χ1v) is 5.95. The van der Waals surface area contributed by atoms with Crippen LogP contribution in [0, 0.1) is 17.3 Å². The molecule has 1 heteroatoms. The van der Waals surface area contributed by atoms with Gasteiger partial charge in [-0.15, -0.1) is 0 Å². The highest BCUT2D eigenvalue weighted by Gasteiger charge is 2.21. The molecular formula is C13H29N. The predicted molar refractivity (Wildman–Crippen MR) is 65.5 cm³/mol. The summed E-state index contributed by atoms with van der Waals surface area (Å²) in [5.74, 6) is 1.58. The summed E-state index contributed by atoms with van der Waals surface area (Å²) >= 11 is 0. The molecule has 0 saturated carbocycles. The quantitative estimate of drug-likeness (QED) is 0.712. The van der Waals surface area contributed by atoms with Crippen LogP contribution in [-0.4, -0.2) is 13.1 Å². The Hall–Kier alpha value is -0.0400. The summed E-state index contributed by atoms with van der Waals surface area (Å²) in [5.41, 5.74) is 0.473. The maximum absolute atomic E-state index is 3.38. The lowest BCUT2D eigenvalue weighted by Gasteiger charge is -2.30. The minimum atomic E-state index is 0.473. The molecule has 0 aliphatic rings. The summed E-state index contributed by atoms with van der Waals surface area (Å²) in [6.07, 6.45) is 2.66. The molecule has 0 heterocycles. The van der Waals surface area contributed by atoms with Crippen molar-refractivity contribution in [3.8, 4) is 0 Å². The van der Waals surface area contributed by atoms with E-state index in [1.165, 1.54) is 12.8 Å². The zero-order chi connectivity index (χ0) is 11.4. The molecule has 0 aliphatic heterocycles. The highest BCUT2D eigenvalue weighted by molar-refractivity contribution is 4.76. The Morgan fingerprint density at radius 3 is 1.86 bits per heavy atom. The normalized spacial score (nSPS) is 17.1. The van der Waals surface area contributed by atoms with Gasteiger partial charge >= 0.3 is 0 Å². The second kappa shape index (κ2) is 5.75. The van der Waals surface area contributed by atoms with Gasteiger partial charge in [0.1, 0.15) is 0 Å². The number of nitrogens with one attached hydrogen (secondary N) is 1. The monoisotopic (exact) mass is 199 g/mol. The van der Waals surface area contributed by atoms with E-state index in [2.05, 4.69) is 53.9 Å². The van der Waals surface area contributed by atoms with Gasteiger partial charge in [-0.3, -0.25) is 0 Å². The summed E-state index contributed by atoms with van der Waals surface area (Å²) in [5, 5.41) is 3.38. The van der Waals surface area contributed by atoms with Crippen molar-refractivity contribution < 1.29 is 0 Å². The smallest absolute Gasteiger partial charge is 0.00664 e. The maximum atomic E-state index is 3.38. The van der Waals surface area contributed by atoms with E-state index in [1.54, 1.807) is 0 Å². The summed E-state index contributed by atoms with van der Waals surface area (Å²) in [7, 11) is 2.07. The van der Waals surface area contributed by atoms with E-state index in [-0.39, 0.29) is 0 Å². The van der Waals surface area contributed by atoms with Crippen molar-refractivity contribution in [3.05, 3.63) is 0 Å². The van der Waals surface area contributed by atoms with Crippen molar-refractivity contribution in [1.82, 2.24) is 5.32 Å². The summed E-state index contributed by atoms with van der Waals surface area (Å²) in [6.45, 7) is 14.0. The van der Waals surface area contributed by atoms with Crippen molar-refractivity contribution in [1.29, 1.82) is 0 Å². The molecule has 0 radical (unpaired) electrons. The lowest BCUT2D eigenvalue weighted by Crippen LogP contribution is -2.34. The van der Waals surface area contributed by atoms with Gasteiger partial charge in [0, 0.05) is 6.04 Å². The molecule has 0 aromatic heterocycles. The zero-order valence-electron chi connectivity index (χ0n) is 11.1. The van der Waals surface area contributed by atoms with Crippen molar-refractivity contribution in [2.75, 3.05) is 7.05 Å². The zero-order valence-corrected chi connectivity index (χ0v) is 11.1. The van der Waals surface area contributed by atoms with Crippen LogP contribution in [0.15, 0.2) is 0 Å². The molecule has 0 aromatic carbocycles. The van der Waals surface area contributed by atoms with E-state index in [0.29, 0.717) is 11.5 Å². The molecule has 0 saturated heterocycles. The molecule has 0 bridgehead atoms. The van der Waals surface area contributed by atoms with Gasteiger partial charge in [0.2, 0.25) is 0 Å². The molecule has 0 aromatic rings. The van der Waals surface area contributed by atoms with Crippen LogP contribution in [0.2, 0.25) is 0 Å². The van der Waals surface area contributed by atoms with Gasteiger partial charge in [-0.25, -0.2) is 0 Å². The fourth-order valence-electron chi connectivity index (χ4n) is 1.97. The standard InChI is InChI=1S/C13H29N/c1-10(2)12(11(3)14-7)8-9-13(4,5)6/h10-12,14H,8-9H2,1-7H3. The first-order chi connectivity index (χ1) is 6.28. The number of rotatable bonds is 5. The second-order valence-corrected chi connectivity index (χ2v) is 6.08. The minimum Gasteiger partial charge on any atom is -0.317 e. The molecule has 2 unspecified atom stereocenters. The number of hydrogen-bond acceptors (Lipinski definition) is 1. The second-order valence-electron chi connectivity index (χ2n) is 6.08. The Bertz CT molecular complexity index is 144. The van der Waals surface area contributed by atoms with Gasteiger partial charge in [0.25, 0.3) is 0 Å². The van der Waals surface area contributed by atoms with Crippen molar-refractivity contribution in [2.45, 2.75) is 60.4 Å². The molecule has 0 aliphatic carbocycles. The van der Waals surface area contributed by atoms with Crippen LogP contribution in [0.5, 0.6) is 0 Å². The van der Waals surface area contributed by atoms with E-state index in [0.717, 1.165) is 11.8 Å². The van der Waals surface area contributed by atoms with Gasteiger partial charge in [0.15, 0.2) is 0 Å². The average molecular weight is 199 g/mol. The molecule has 0 rings (SSSR count). The largest absolute Gasteiger partial charge is 0.317 e. The van der Waals surface area contributed by atoms with Crippen molar-refractivity contribution in [3.63, 3.8) is 0 Å². The van der Waals surface area contributed by atoms with Crippen LogP contribution in [0.25, 0.3) is 0 Å². The maximum Gasteiger partial charge on any atom is 0.00664 e. The van der Waals surface area contributed by atoms with Crippen LogP contribution in [0.3, 0.4) is 0 Å². The predicted octanol–water partition coefficient (Wildman–Crippen LogP) is 3.69. The highest BCUT2D eigenvalue weighted by atomic mass is 14.9. The fraction of sp³-hybridized carbons (Fsp3) is 1.00. The molecule has 1 nitrogen and oxygen atoms in total. The third-order valence-corrected chi connectivity index (χ3v) is 3.18. The van der Waals surface area contributed by atoms with Gasteiger partial charge in [-0.2, -0.15) is 0 Å². The van der Waals surface area contributed by atoms with E-state index in [1.807, 2.05) is 0 Å². The minimum absolute atomic E-state index is 0.473. The van der Waals surface area contributed by atoms with Crippen LogP contribution in [0.4, 0.5) is 0 Å².